The molecule has 0 unspecified atom stereocenters. The molecule has 0 atom stereocenters. The Morgan fingerprint density at radius 1 is 1.12 bits per heavy atom. The van der Waals surface area contributed by atoms with Crippen molar-refractivity contribution in [3.05, 3.63) is 57.9 Å². The lowest BCUT2D eigenvalue weighted by atomic mass is 10.1. The summed E-state index contributed by atoms with van der Waals surface area (Å²) < 4.78 is 51.2. The minimum atomic E-state index is -4.75. The van der Waals surface area contributed by atoms with E-state index in [4.69, 9.17) is 0 Å². The molecule has 2 N–H and O–H groups in total. The molecule has 0 spiro atoms. The number of hydrogen-bond donors (Lipinski definition) is 2. The summed E-state index contributed by atoms with van der Waals surface area (Å²) in [6.07, 6.45) is -4.75. The molecule has 0 radical (unpaired) electrons. The monoisotopic (exact) mass is 368 g/mol. The third-order valence-electron chi connectivity index (χ3n) is 3.47. The van der Waals surface area contributed by atoms with Crippen molar-refractivity contribution < 1.29 is 27.6 Å². The summed E-state index contributed by atoms with van der Waals surface area (Å²) in [6, 6.07) is 5.28. The molecule has 7 nitrogen and oxygen atoms in total. The van der Waals surface area contributed by atoms with Gasteiger partial charge in [0.1, 0.15) is 5.82 Å². The van der Waals surface area contributed by atoms with Crippen molar-refractivity contribution in [2.45, 2.75) is 6.18 Å². The number of nitro benzene ring substituents is 1. The van der Waals surface area contributed by atoms with Crippen molar-refractivity contribution in [3.63, 3.8) is 0 Å². The third kappa shape index (κ3) is 3.18. The number of nitrogens with one attached hydrogen (secondary N) is 1. The second-order valence-electron chi connectivity index (χ2n) is 5.17. The van der Waals surface area contributed by atoms with Crippen LogP contribution in [-0.4, -0.2) is 15.0 Å². The molecule has 0 amide bonds. The molecule has 1 heterocycles. The average Bonchev–Trinajstić information content (AvgIpc) is 2.86. The maximum atomic E-state index is 13.2. The molecule has 0 aliphatic heterocycles. The zero-order chi connectivity index (χ0) is 19.1. The maximum absolute atomic E-state index is 13.2. The molecule has 134 valence electrons. The molecule has 2 aromatic carbocycles. The highest BCUT2D eigenvalue weighted by Crippen LogP contribution is 2.39. The highest BCUT2D eigenvalue weighted by atomic mass is 19.4. The number of aromatic hydroxyl groups is 1. The Morgan fingerprint density at radius 2 is 1.85 bits per heavy atom. The summed E-state index contributed by atoms with van der Waals surface area (Å²) in [5.41, 5.74) is -2.45. The van der Waals surface area contributed by atoms with E-state index in [1.165, 1.54) is 6.07 Å². The minimum absolute atomic E-state index is 0.130. The number of rotatable bonds is 3. The highest BCUT2D eigenvalue weighted by molar-refractivity contribution is 5.94. The Hall–Kier alpha value is -3.50. The number of alkyl halides is 3. The molecular formula is C15H8F4N4O3. The number of H-pyrrole nitrogens is 1. The number of halogens is 4. The van der Waals surface area contributed by atoms with Crippen LogP contribution in [-0.2, 0) is 6.18 Å². The molecule has 3 aromatic rings. The van der Waals surface area contributed by atoms with E-state index in [9.17, 15) is 32.8 Å². The van der Waals surface area contributed by atoms with Crippen LogP contribution in [0.5, 0.6) is 5.88 Å². The van der Waals surface area contributed by atoms with Gasteiger partial charge in [0.2, 0.25) is 5.88 Å². The molecule has 3 rings (SSSR count). The summed E-state index contributed by atoms with van der Waals surface area (Å²) in [7, 11) is 0. The number of hydrogen-bond acceptors (Lipinski definition) is 5. The van der Waals surface area contributed by atoms with Crippen LogP contribution in [0.3, 0.4) is 0 Å². The number of azo groups is 1. The van der Waals surface area contributed by atoms with E-state index >= 15 is 0 Å². The number of benzene rings is 2. The van der Waals surface area contributed by atoms with E-state index in [0.29, 0.717) is 12.1 Å². The van der Waals surface area contributed by atoms with Gasteiger partial charge in [0, 0.05) is 11.5 Å². The normalized spacial score (nSPS) is 12.2. The van der Waals surface area contributed by atoms with Gasteiger partial charge in [0.15, 0.2) is 11.4 Å². The fraction of sp³-hybridized carbons (Fsp3) is 0.0667. The zero-order valence-corrected chi connectivity index (χ0v) is 12.6. The van der Waals surface area contributed by atoms with E-state index in [1.807, 2.05) is 0 Å². The number of nitro groups is 1. The van der Waals surface area contributed by atoms with Crippen molar-refractivity contribution in [1.29, 1.82) is 0 Å². The highest BCUT2D eigenvalue weighted by Gasteiger charge is 2.33. The van der Waals surface area contributed by atoms with Crippen LogP contribution in [0.15, 0.2) is 46.6 Å². The van der Waals surface area contributed by atoms with Crippen LogP contribution in [0.1, 0.15) is 5.56 Å². The first-order valence-electron chi connectivity index (χ1n) is 6.94. The van der Waals surface area contributed by atoms with E-state index < -0.39 is 39.7 Å². The number of aromatic nitrogens is 1. The number of fused-ring (bicyclic) bond motifs is 1. The molecule has 11 heteroatoms. The molecule has 1 aromatic heterocycles. The first-order valence-corrected chi connectivity index (χ1v) is 6.94. The Labute approximate surface area is 141 Å². The number of aromatic amines is 1. The third-order valence-corrected chi connectivity index (χ3v) is 3.47. The average molecular weight is 368 g/mol. The van der Waals surface area contributed by atoms with E-state index in [2.05, 4.69) is 15.2 Å². The summed E-state index contributed by atoms with van der Waals surface area (Å²) in [5, 5.41) is 28.3. The lowest BCUT2D eigenvalue weighted by Crippen LogP contribution is -2.05. The van der Waals surface area contributed by atoms with Gasteiger partial charge in [-0.3, -0.25) is 10.1 Å². The Bertz CT molecular complexity index is 1040. The summed E-state index contributed by atoms with van der Waals surface area (Å²) in [5.74, 6) is -1.04. The largest absolute Gasteiger partial charge is 0.493 e. The van der Waals surface area contributed by atoms with Crippen LogP contribution >= 0.6 is 0 Å². The summed E-state index contributed by atoms with van der Waals surface area (Å²) in [4.78, 5) is 12.4. The molecule has 0 fully saturated rings. The predicted molar refractivity (Wildman–Crippen MR) is 82.2 cm³/mol. The van der Waals surface area contributed by atoms with Crippen LogP contribution < -0.4 is 0 Å². The Morgan fingerprint density at radius 3 is 2.50 bits per heavy atom. The maximum Gasteiger partial charge on any atom is 0.416 e. The van der Waals surface area contributed by atoms with Crippen molar-refractivity contribution in [1.82, 2.24) is 4.98 Å². The van der Waals surface area contributed by atoms with Gasteiger partial charge in [0.05, 0.1) is 16.0 Å². The molecule has 26 heavy (non-hydrogen) atoms. The van der Waals surface area contributed by atoms with Gasteiger partial charge >= 0.3 is 6.18 Å². The lowest BCUT2D eigenvalue weighted by Gasteiger charge is -2.06. The standard InChI is InChI=1S/C15H8F4N4O3/c16-8-2-3-9-11(6-8)20-14(24)13(9)22-21-10-4-1-7(15(17,18)19)5-12(10)23(25)26/h1-6,20,24H. The van der Waals surface area contributed by atoms with Gasteiger partial charge in [-0.25, -0.2) is 4.39 Å². The first kappa shape index (κ1) is 17.3. The summed E-state index contributed by atoms with van der Waals surface area (Å²) in [6.45, 7) is 0. The van der Waals surface area contributed by atoms with Gasteiger partial charge in [-0.2, -0.15) is 13.2 Å². The smallest absolute Gasteiger partial charge is 0.416 e. The molecular weight excluding hydrogens is 360 g/mol. The molecule has 0 aliphatic carbocycles. The van der Waals surface area contributed by atoms with E-state index in [-0.39, 0.29) is 16.6 Å². The quantitative estimate of drug-likeness (QED) is 0.282. The van der Waals surface area contributed by atoms with Crippen molar-refractivity contribution >= 4 is 28.0 Å². The predicted octanol–water partition coefficient (Wildman–Crippen LogP) is 5.36. The van der Waals surface area contributed by atoms with Crippen LogP contribution in [0, 0.1) is 15.9 Å². The molecule has 0 saturated carbocycles. The fourth-order valence-corrected chi connectivity index (χ4v) is 2.28. The van der Waals surface area contributed by atoms with Gasteiger partial charge in [0.25, 0.3) is 5.69 Å². The van der Waals surface area contributed by atoms with E-state index in [1.54, 1.807) is 0 Å². The van der Waals surface area contributed by atoms with Crippen molar-refractivity contribution in [2.75, 3.05) is 0 Å². The zero-order valence-electron chi connectivity index (χ0n) is 12.6. The van der Waals surface area contributed by atoms with Crippen molar-refractivity contribution in [2.24, 2.45) is 10.2 Å². The minimum Gasteiger partial charge on any atom is -0.493 e. The second-order valence-corrected chi connectivity index (χ2v) is 5.17. The first-order chi connectivity index (χ1) is 12.2. The van der Waals surface area contributed by atoms with Crippen LogP contribution in [0.4, 0.5) is 34.6 Å². The van der Waals surface area contributed by atoms with Crippen LogP contribution in [0.25, 0.3) is 10.9 Å². The topological polar surface area (TPSA) is 104 Å². The fourth-order valence-electron chi connectivity index (χ4n) is 2.28. The lowest BCUT2D eigenvalue weighted by molar-refractivity contribution is -0.384. The van der Waals surface area contributed by atoms with E-state index in [0.717, 1.165) is 18.2 Å². The second kappa shape index (κ2) is 6.10. The van der Waals surface area contributed by atoms with Gasteiger partial charge in [-0.15, -0.1) is 10.2 Å². The van der Waals surface area contributed by atoms with Crippen molar-refractivity contribution in [3.8, 4) is 5.88 Å². The van der Waals surface area contributed by atoms with Gasteiger partial charge in [-0.05, 0) is 30.3 Å². The Kier molecular flexibility index (Phi) is 4.06. The molecule has 0 saturated heterocycles. The Balaban J connectivity index is 2.06. The number of nitrogens with zero attached hydrogens (tertiary/aromatic N) is 3. The molecule has 0 bridgehead atoms. The SMILES string of the molecule is O=[N+]([O-])c1cc(C(F)(F)F)ccc1N=Nc1c(O)[nH]c2cc(F)ccc12. The summed E-state index contributed by atoms with van der Waals surface area (Å²) >= 11 is 0. The van der Waals surface area contributed by atoms with Gasteiger partial charge < -0.3 is 10.1 Å². The molecule has 0 aliphatic rings. The van der Waals surface area contributed by atoms with Gasteiger partial charge in [-0.1, -0.05) is 0 Å². The van der Waals surface area contributed by atoms with Crippen LogP contribution in [0.2, 0.25) is 0 Å².